The number of thioether (sulfide) groups is 1. The Morgan fingerprint density at radius 1 is 1.27 bits per heavy atom. The van der Waals surface area contributed by atoms with Crippen LogP contribution in [0.4, 0.5) is 0 Å². The number of amides is 2. The zero-order valence-corrected chi connectivity index (χ0v) is 20.5. The van der Waals surface area contributed by atoms with E-state index < -0.39 is 23.7 Å². The minimum absolute atomic E-state index is 0.0646. The second kappa shape index (κ2) is 12.7. The number of esters is 1. The Hall–Kier alpha value is -2.45. The standard InChI is InChI=1S/C21H23Cl2N3O6S/c1-4-32-18-13(22)7-11(8-14(18)23)16-12(9-24)20(26-19(28)17(16)21(29)31-3)33-10-15(27)25-5-6-30-2/h7-8,16-17H,4-6,10H2,1-3H3,(H,25,27)(H,26,28)/t16-,17-/m1/s1. The van der Waals surface area contributed by atoms with Crippen molar-refractivity contribution >= 4 is 52.7 Å². The number of allylic oxidation sites excluding steroid dienone is 1. The normalized spacial score (nSPS) is 17.8. The van der Waals surface area contributed by atoms with Gasteiger partial charge in [-0.3, -0.25) is 14.4 Å². The predicted molar refractivity (Wildman–Crippen MR) is 124 cm³/mol. The van der Waals surface area contributed by atoms with E-state index in [1.807, 2.05) is 0 Å². The molecule has 1 heterocycles. The van der Waals surface area contributed by atoms with Crippen LogP contribution < -0.4 is 15.4 Å². The zero-order chi connectivity index (χ0) is 24.5. The van der Waals surface area contributed by atoms with Crippen molar-refractivity contribution in [3.63, 3.8) is 0 Å². The first-order valence-electron chi connectivity index (χ1n) is 9.82. The van der Waals surface area contributed by atoms with Gasteiger partial charge in [0.15, 0.2) is 5.75 Å². The Labute approximate surface area is 205 Å². The van der Waals surface area contributed by atoms with Crippen molar-refractivity contribution in [2.24, 2.45) is 5.92 Å². The minimum Gasteiger partial charge on any atom is -0.491 e. The van der Waals surface area contributed by atoms with E-state index in [-0.39, 0.29) is 38.1 Å². The lowest BCUT2D eigenvalue weighted by molar-refractivity contribution is -0.150. The van der Waals surface area contributed by atoms with E-state index in [0.717, 1.165) is 18.9 Å². The lowest BCUT2D eigenvalue weighted by atomic mass is 9.78. The van der Waals surface area contributed by atoms with Crippen LogP contribution in [-0.2, 0) is 23.9 Å². The Bertz CT molecular complexity index is 972. The smallest absolute Gasteiger partial charge is 0.319 e. The van der Waals surface area contributed by atoms with Crippen molar-refractivity contribution in [1.82, 2.24) is 10.6 Å². The third-order valence-electron chi connectivity index (χ3n) is 4.63. The molecule has 0 saturated carbocycles. The summed E-state index contributed by atoms with van der Waals surface area (Å²) in [5.74, 6) is -4.00. The van der Waals surface area contributed by atoms with Crippen LogP contribution in [0.1, 0.15) is 18.4 Å². The molecule has 0 saturated heterocycles. The molecule has 0 spiro atoms. The molecule has 0 radical (unpaired) electrons. The molecule has 0 aliphatic carbocycles. The molecule has 0 unspecified atom stereocenters. The van der Waals surface area contributed by atoms with Crippen LogP contribution in [-0.4, -0.2) is 57.5 Å². The fraction of sp³-hybridized carbons (Fsp3) is 0.429. The summed E-state index contributed by atoms with van der Waals surface area (Å²) in [6.07, 6.45) is 0. The van der Waals surface area contributed by atoms with Gasteiger partial charge in [0.2, 0.25) is 11.8 Å². The molecule has 0 fully saturated rings. The van der Waals surface area contributed by atoms with Gasteiger partial charge in [0.1, 0.15) is 5.92 Å². The quantitative estimate of drug-likeness (QED) is 0.276. The Morgan fingerprint density at radius 2 is 1.94 bits per heavy atom. The van der Waals surface area contributed by atoms with Crippen molar-refractivity contribution in [2.75, 3.05) is 39.7 Å². The number of carbonyl (C=O) groups is 3. The highest BCUT2D eigenvalue weighted by Gasteiger charge is 2.44. The first kappa shape index (κ1) is 26.8. The fourth-order valence-electron chi connectivity index (χ4n) is 3.20. The fourth-order valence-corrected chi connectivity index (χ4v) is 4.69. The van der Waals surface area contributed by atoms with Crippen LogP contribution in [0.25, 0.3) is 0 Å². The highest BCUT2D eigenvalue weighted by molar-refractivity contribution is 8.03. The molecule has 1 aliphatic heterocycles. The molecule has 2 rings (SSSR count). The van der Waals surface area contributed by atoms with Crippen LogP contribution in [0.15, 0.2) is 22.7 Å². The summed E-state index contributed by atoms with van der Waals surface area (Å²) in [4.78, 5) is 37.4. The number of nitrogens with one attached hydrogen (secondary N) is 2. The molecule has 2 atom stereocenters. The van der Waals surface area contributed by atoms with E-state index in [1.165, 1.54) is 19.2 Å². The number of hydrogen-bond donors (Lipinski definition) is 2. The maximum Gasteiger partial charge on any atom is 0.319 e. The average Bonchev–Trinajstić information content (AvgIpc) is 2.79. The van der Waals surface area contributed by atoms with Gasteiger partial charge in [0.25, 0.3) is 0 Å². The Balaban J connectivity index is 2.48. The maximum absolute atomic E-state index is 12.9. The molecule has 33 heavy (non-hydrogen) atoms. The van der Waals surface area contributed by atoms with E-state index in [4.69, 9.17) is 37.4 Å². The summed E-state index contributed by atoms with van der Waals surface area (Å²) < 4.78 is 15.1. The summed E-state index contributed by atoms with van der Waals surface area (Å²) in [5.41, 5.74) is 0.439. The number of nitriles is 1. The zero-order valence-electron chi connectivity index (χ0n) is 18.2. The van der Waals surface area contributed by atoms with Crippen LogP contribution in [0.5, 0.6) is 5.75 Å². The number of carbonyl (C=O) groups excluding carboxylic acids is 3. The summed E-state index contributed by atoms with van der Waals surface area (Å²) >= 11 is 13.6. The van der Waals surface area contributed by atoms with E-state index in [0.29, 0.717) is 25.3 Å². The third-order valence-corrected chi connectivity index (χ3v) is 6.21. The van der Waals surface area contributed by atoms with Gasteiger partial charge < -0.3 is 24.8 Å². The highest BCUT2D eigenvalue weighted by Crippen LogP contribution is 2.44. The highest BCUT2D eigenvalue weighted by atomic mass is 35.5. The average molecular weight is 516 g/mol. The number of ether oxygens (including phenoxy) is 3. The van der Waals surface area contributed by atoms with E-state index in [1.54, 1.807) is 6.92 Å². The van der Waals surface area contributed by atoms with Gasteiger partial charge in [0.05, 0.1) is 52.8 Å². The molecule has 178 valence electrons. The summed E-state index contributed by atoms with van der Waals surface area (Å²) in [7, 11) is 2.66. The van der Waals surface area contributed by atoms with Crippen LogP contribution in [0.2, 0.25) is 10.0 Å². The van der Waals surface area contributed by atoms with Gasteiger partial charge in [-0.05, 0) is 24.6 Å². The molecule has 1 aromatic carbocycles. The SMILES string of the molecule is CCOc1c(Cl)cc([C@@H]2C(C#N)=C(SCC(=O)NCCOC)NC(=O)[C@@H]2C(=O)OC)cc1Cl. The number of nitrogens with zero attached hydrogens (tertiary/aromatic N) is 1. The van der Waals surface area contributed by atoms with Crippen molar-refractivity contribution in [3.8, 4) is 11.8 Å². The Kier molecular flexibility index (Phi) is 10.3. The molecule has 9 nitrogen and oxygen atoms in total. The molecule has 2 N–H and O–H groups in total. The van der Waals surface area contributed by atoms with Gasteiger partial charge in [-0.1, -0.05) is 35.0 Å². The number of halogens is 2. The first-order chi connectivity index (χ1) is 15.8. The van der Waals surface area contributed by atoms with Crippen LogP contribution >= 0.6 is 35.0 Å². The first-order valence-corrected chi connectivity index (χ1v) is 11.6. The molecule has 0 aromatic heterocycles. The molecule has 1 aliphatic rings. The van der Waals surface area contributed by atoms with Crippen molar-refractivity contribution < 1.29 is 28.6 Å². The largest absolute Gasteiger partial charge is 0.491 e. The molecule has 12 heteroatoms. The Morgan fingerprint density at radius 3 is 2.48 bits per heavy atom. The van der Waals surface area contributed by atoms with Crippen molar-refractivity contribution in [1.29, 1.82) is 5.26 Å². The monoisotopic (exact) mass is 515 g/mol. The molecule has 1 aromatic rings. The molecular weight excluding hydrogens is 493 g/mol. The maximum atomic E-state index is 12.9. The van der Waals surface area contributed by atoms with E-state index in [2.05, 4.69) is 16.7 Å². The third kappa shape index (κ3) is 6.54. The summed E-state index contributed by atoms with van der Waals surface area (Å²) in [6.45, 7) is 2.76. The lowest BCUT2D eigenvalue weighted by Crippen LogP contribution is -2.44. The molecule has 2 amide bonds. The van der Waals surface area contributed by atoms with Crippen LogP contribution in [0.3, 0.4) is 0 Å². The second-order valence-electron chi connectivity index (χ2n) is 6.70. The van der Waals surface area contributed by atoms with Gasteiger partial charge >= 0.3 is 5.97 Å². The van der Waals surface area contributed by atoms with E-state index in [9.17, 15) is 19.6 Å². The second-order valence-corrected chi connectivity index (χ2v) is 8.50. The lowest BCUT2D eigenvalue weighted by Gasteiger charge is -2.31. The number of benzene rings is 1. The summed E-state index contributed by atoms with van der Waals surface area (Å²) in [6, 6.07) is 5.04. The van der Waals surface area contributed by atoms with Crippen molar-refractivity contribution in [2.45, 2.75) is 12.8 Å². The number of hydrogen-bond acceptors (Lipinski definition) is 8. The van der Waals surface area contributed by atoms with Crippen molar-refractivity contribution in [3.05, 3.63) is 38.3 Å². The topological polar surface area (TPSA) is 127 Å². The van der Waals surface area contributed by atoms with Gasteiger partial charge in [-0.2, -0.15) is 5.26 Å². The predicted octanol–water partition coefficient (Wildman–Crippen LogP) is 2.63. The summed E-state index contributed by atoms with van der Waals surface area (Å²) in [5, 5.41) is 15.6. The van der Waals surface area contributed by atoms with Crippen LogP contribution in [0, 0.1) is 17.2 Å². The van der Waals surface area contributed by atoms with Gasteiger partial charge in [-0.25, -0.2) is 0 Å². The number of rotatable bonds is 10. The van der Waals surface area contributed by atoms with Gasteiger partial charge in [-0.15, -0.1) is 0 Å². The molecular formula is C21H23Cl2N3O6S. The van der Waals surface area contributed by atoms with E-state index >= 15 is 0 Å². The number of methoxy groups -OCH3 is 2. The minimum atomic E-state index is -1.35. The van der Waals surface area contributed by atoms with Gasteiger partial charge in [0, 0.05) is 19.6 Å². The molecule has 0 bridgehead atoms.